The quantitative estimate of drug-likeness (QED) is 0.866. The summed E-state index contributed by atoms with van der Waals surface area (Å²) in [6, 6.07) is 7.19. The molecule has 6 heteroatoms. The first kappa shape index (κ1) is 18.9. The average Bonchev–Trinajstić information content (AvgIpc) is 2.98. The van der Waals surface area contributed by atoms with Crippen molar-refractivity contribution in [2.75, 3.05) is 38.6 Å². The van der Waals surface area contributed by atoms with E-state index in [0.717, 1.165) is 39.0 Å². The Kier molecular flexibility index (Phi) is 6.27. The van der Waals surface area contributed by atoms with Crippen molar-refractivity contribution in [3.8, 4) is 0 Å². The van der Waals surface area contributed by atoms with Gasteiger partial charge in [0.05, 0.1) is 0 Å². The lowest BCUT2D eigenvalue weighted by molar-refractivity contribution is -0.140. The van der Waals surface area contributed by atoms with Crippen LogP contribution < -0.4 is 10.6 Å². The predicted molar refractivity (Wildman–Crippen MR) is 101 cm³/mol. The summed E-state index contributed by atoms with van der Waals surface area (Å²) in [5, 5.41) is 6.19. The molecule has 26 heavy (non-hydrogen) atoms. The monoisotopic (exact) mass is 359 g/mol. The van der Waals surface area contributed by atoms with Gasteiger partial charge in [-0.2, -0.15) is 0 Å². The van der Waals surface area contributed by atoms with Gasteiger partial charge in [-0.25, -0.2) is 0 Å². The van der Waals surface area contributed by atoms with Crippen LogP contribution in [0.5, 0.6) is 0 Å². The van der Waals surface area contributed by atoms with Crippen molar-refractivity contribution in [1.82, 2.24) is 10.2 Å². The molecule has 2 heterocycles. The van der Waals surface area contributed by atoms with Gasteiger partial charge >= 0.3 is 0 Å². The van der Waals surface area contributed by atoms with Gasteiger partial charge in [-0.05, 0) is 63.0 Å². The fourth-order valence-electron chi connectivity index (χ4n) is 3.75. The van der Waals surface area contributed by atoms with Crippen LogP contribution in [0.15, 0.2) is 24.3 Å². The summed E-state index contributed by atoms with van der Waals surface area (Å²) < 4.78 is 5.55. The Labute approximate surface area is 155 Å². The van der Waals surface area contributed by atoms with Gasteiger partial charge < -0.3 is 20.3 Å². The molecule has 142 valence electrons. The molecule has 0 radical (unpaired) electrons. The second-order valence-electron chi connectivity index (χ2n) is 7.19. The number of piperidine rings is 1. The van der Waals surface area contributed by atoms with E-state index in [9.17, 15) is 9.59 Å². The number of ether oxygens (including phenoxy) is 1. The lowest BCUT2D eigenvalue weighted by Gasteiger charge is -2.34. The van der Waals surface area contributed by atoms with E-state index >= 15 is 0 Å². The van der Waals surface area contributed by atoms with E-state index in [0.29, 0.717) is 24.1 Å². The highest BCUT2D eigenvalue weighted by Crippen LogP contribution is 2.25. The maximum atomic E-state index is 12.7. The second-order valence-corrected chi connectivity index (χ2v) is 7.19. The molecule has 0 aromatic heterocycles. The number of carbonyl (C=O) groups is 2. The topological polar surface area (TPSA) is 70.7 Å². The van der Waals surface area contributed by atoms with Gasteiger partial charge in [0.25, 0.3) is 11.8 Å². The van der Waals surface area contributed by atoms with Crippen LogP contribution in [-0.4, -0.2) is 55.6 Å². The van der Waals surface area contributed by atoms with Crippen LogP contribution in [0.25, 0.3) is 0 Å². The van der Waals surface area contributed by atoms with Gasteiger partial charge in [0.15, 0.2) is 0 Å². The third-order valence-electron chi connectivity index (χ3n) is 5.50. The molecule has 3 rings (SSSR count). The van der Waals surface area contributed by atoms with Crippen molar-refractivity contribution in [2.24, 2.45) is 0 Å². The number of hydrogen-bond donors (Lipinski definition) is 2. The first-order valence-electron chi connectivity index (χ1n) is 9.61. The van der Waals surface area contributed by atoms with Crippen LogP contribution in [0.2, 0.25) is 0 Å². The van der Waals surface area contributed by atoms with E-state index in [-0.39, 0.29) is 11.8 Å². The highest BCUT2D eigenvalue weighted by atomic mass is 16.5. The summed E-state index contributed by atoms with van der Waals surface area (Å²) in [6.07, 6.45) is 5.86. The van der Waals surface area contributed by atoms with Crippen LogP contribution >= 0.6 is 0 Å². The number of carbonyl (C=O) groups excluding carboxylic acids is 2. The lowest BCUT2D eigenvalue weighted by atomic mass is 9.91. The molecular formula is C20H29N3O3. The fraction of sp³-hybridized carbons (Fsp3) is 0.600. The molecule has 1 aromatic rings. The fourth-order valence-corrected chi connectivity index (χ4v) is 3.75. The van der Waals surface area contributed by atoms with Crippen molar-refractivity contribution < 1.29 is 14.3 Å². The van der Waals surface area contributed by atoms with Crippen LogP contribution in [0.3, 0.4) is 0 Å². The number of nitrogens with zero attached hydrogens (tertiary/aromatic N) is 1. The molecule has 2 fully saturated rings. The van der Waals surface area contributed by atoms with Crippen molar-refractivity contribution in [2.45, 2.75) is 44.1 Å². The smallest absolute Gasteiger partial charge is 0.256 e. The van der Waals surface area contributed by atoms with Gasteiger partial charge in [0.2, 0.25) is 0 Å². The molecule has 1 aromatic carbocycles. The van der Waals surface area contributed by atoms with Gasteiger partial charge in [-0.3, -0.25) is 9.59 Å². The molecule has 2 aliphatic rings. The Hall–Kier alpha value is -1.92. The van der Waals surface area contributed by atoms with Crippen LogP contribution in [0, 0.1) is 0 Å². The number of anilines is 1. The maximum absolute atomic E-state index is 12.7. The van der Waals surface area contributed by atoms with Crippen LogP contribution in [0.4, 0.5) is 5.69 Å². The predicted octanol–water partition coefficient (Wildman–Crippen LogP) is 2.41. The van der Waals surface area contributed by atoms with E-state index in [1.165, 1.54) is 12.8 Å². The molecule has 2 N–H and O–H groups in total. The minimum Gasteiger partial charge on any atom is -0.368 e. The standard InChI is InChI=1S/C20H29N3O3/c1-26-20(10-12-21-13-11-20)19(25)22-17-8-6-16(7-9-17)18(24)23-14-4-2-3-5-15-23/h6-9,21H,2-5,10-15H2,1H3,(H,22,25). The first-order chi connectivity index (χ1) is 12.6. The first-order valence-corrected chi connectivity index (χ1v) is 9.61. The van der Waals surface area contributed by atoms with Gasteiger partial charge in [0, 0.05) is 31.5 Å². The van der Waals surface area contributed by atoms with Gasteiger partial charge in [-0.15, -0.1) is 0 Å². The molecule has 0 aliphatic carbocycles. The van der Waals surface area contributed by atoms with E-state index in [1.54, 1.807) is 31.4 Å². The van der Waals surface area contributed by atoms with Crippen molar-refractivity contribution in [3.05, 3.63) is 29.8 Å². The summed E-state index contributed by atoms with van der Waals surface area (Å²) in [5.74, 6) is -0.0374. The largest absolute Gasteiger partial charge is 0.368 e. The van der Waals surface area contributed by atoms with Crippen molar-refractivity contribution in [3.63, 3.8) is 0 Å². The number of likely N-dealkylation sites (tertiary alicyclic amines) is 1. The third kappa shape index (κ3) is 4.24. The summed E-state index contributed by atoms with van der Waals surface area (Å²) >= 11 is 0. The van der Waals surface area contributed by atoms with Crippen molar-refractivity contribution >= 4 is 17.5 Å². The second kappa shape index (κ2) is 8.64. The Morgan fingerprint density at radius 2 is 1.65 bits per heavy atom. The Bertz CT molecular complexity index is 616. The highest BCUT2D eigenvalue weighted by Gasteiger charge is 2.39. The molecule has 0 bridgehead atoms. The molecule has 2 saturated heterocycles. The normalized spacial score (nSPS) is 20.3. The van der Waals surface area contributed by atoms with Crippen LogP contribution in [-0.2, 0) is 9.53 Å². The molecule has 0 spiro atoms. The average molecular weight is 359 g/mol. The molecule has 0 saturated carbocycles. The molecule has 2 aliphatic heterocycles. The number of nitrogens with one attached hydrogen (secondary N) is 2. The maximum Gasteiger partial charge on any atom is 0.256 e. The molecule has 2 amide bonds. The van der Waals surface area contributed by atoms with E-state index in [2.05, 4.69) is 10.6 Å². The SMILES string of the molecule is COC1(C(=O)Nc2ccc(C(=O)N3CCCCCC3)cc2)CCNCC1. The lowest BCUT2D eigenvalue weighted by Crippen LogP contribution is -2.51. The number of amides is 2. The van der Waals surface area contributed by atoms with Crippen LogP contribution in [0.1, 0.15) is 48.9 Å². The minimum absolute atomic E-state index is 0.0801. The Morgan fingerprint density at radius 1 is 1.04 bits per heavy atom. The summed E-state index contributed by atoms with van der Waals surface area (Å²) in [4.78, 5) is 27.3. The van der Waals surface area contributed by atoms with Crippen molar-refractivity contribution in [1.29, 1.82) is 0 Å². The molecular weight excluding hydrogens is 330 g/mol. The molecule has 0 unspecified atom stereocenters. The Morgan fingerprint density at radius 3 is 2.23 bits per heavy atom. The highest BCUT2D eigenvalue weighted by molar-refractivity contribution is 5.98. The number of rotatable bonds is 4. The Balaban J connectivity index is 1.63. The minimum atomic E-state index is -0.772. The summed E-state index contributed by atoms with van der Waals surface area (Å²) in [6.45, 7) is 3.21. The summed E-state index contributed by atoms with van der Waals surface area (Å²) in [7, 11) is 1.59. The van der Waals surface area contributed by atoms with Gasteiger partial charge in [0.1, 0.15) is 5.60 Å². The molecule has 0 atom stereocenters. The number of hydrogen-bond acceptors (Lipinski definition) is 4. The number of benzene rings is 1. The number of methoxy groups -OCH3 is 1. The molecule has 6 nitrogen and oxygen atoms in total. The third-order valence-corrected chi connectivity index (χ3v) is 5.50. The zero-order valence-corrected chi connectivity index (χ0v) is 15.6. The zero-order chi connectivity index (χ0) is 18.4. The van der Waals surface area contributed by atoms with E-state index in [1.807, 2.05) is 4.90 Å². The van der Waals surface area contributed by atoms with E-state index in [4.69, 9.17) is 4.74 Å². The zero-order valence-electron chi connectivity index (χ0n) is 15.6. The summed E-state index contributed by atoms with van der Waals surface area (Å²) in [5.41, 5.74) is 0.594. The van der Waals surface area contributed by atoms with Gasteiger partial charge in [-0.1, -0.05) is 12.8 Å². The van der Waals surface area contributed by atoms with E-state index < -0.39 is 5.60 Å².